The number of hydrogen-bond donors (Lipinski definition) is 0. The largest absolute Gasteiger partial charge is 0.268 e. The summed E-state index contributed by atoms with van der Waals surface area (Å²) in [5.74, 6) is 0.169. The molecule has 0 fully saturated rings. The van der Waals surface area contributed by atoms with Crippen molar-refractivity contribution in [2.24, 2.45) is 0 Å². The van der Waals surface area contributed by atoms with E-state index in [1.165, 1.54) is 28.8 Å². The molecule has 3 rings (SSSR count). The minimum absolute atomic E-state index is 0.260. The monoisotopic (exact) mass is 288 g/mol. The quantitative estimate of drug-likeness (QED) is 0.687. The van der Waals surface area contributed by atoms with E-state index in [0.717, 1.165) is 0 Å². The van der Waals surface area contributed by atoms with Crippen LogP contribution in [-0.4, -0.2) is 9.55 Å². The Bertz CT molecular complexity index is 856. The fraction of sp³-hybridized carbons (Fsp3) is 0.0667. The standard InChI is InChI=1S/C15H10ClFN2O/c1-9-18-13-4-2-3-12(16)14(13)15(20)19(9)11-7-5-10(17)6-8-11/h2-8H,1H3. The van der Waals surface area contributed by atoms with E-state index in [4.69, 9.17) is 11.6 Å². The highest BCUT2D eigenvalue weighted by molar-refractivity contribution is 6.35. The number of rotatable bonds is 1. The third kappa shape index (κ3) is 1.98. The fourth-order valence-corrected chi connectivity index (χ4v) is 2.45. The molecule has 3 nitrogen and oxygen atoms in total. The van der Waals surface area contributed by atoms with Gasteiger partial charge in [-0.05, 0) is 43.3 Å². The highest BCUT2D eigenvalue weighted by Gasteiger charge is 2.12. The molecular weight excluding hydrogens is 279 g/mol. The predicted molar refractivity (Wildman–Crippen MR) is 77.0 cm³/mol. The minimum atomic E-state index is -0.355. The summed E-state index contributed by atoms with van der Waals surface area (Å²) in [5, 5.41) is 0.722. The summed E-state index contributed by atoms with van der Waals surface area (Å²) in [5.41, 5.74) is 0.853. The van der Waals surface area contributed by atoms with Crippen molar-refractivity contribution in [3.8, 4) is 5.69 Å². The molecule has 1 heterocycles. The molecule has 0 spiro atoms. The van der Waals surface area contributed by atoms with Gasteiger partial charge in [-0.3, -0.25) is 9.36 Å². The molecular formula is C15H10ClFN2O. The molecule has 0 N–H and O–H groups in total. The van der Waals surface area contributed by atoms with Crippen molar-refractivity contribution in [2.75, 3.05) is 0 Å². The Morgan fingerprint density at radius 1 is 1.15 bits per heavy atom. The van der Waals surface area contributed by atoms with Crippen LogP contribution in [0.4, 0.5) is 4.39 Å². The zero-order valence-corrected chi connectivity index (χ0v) is 11.4. The molecule has 0 aliphatic heterocycles. The lowest BCUT2D eigenvalue weighted by molar-refractivity contribution is 0.627. The van der Waals surface area contributed by atoms with Gasteiger partial charge in [-0.2, -0.15) is 0 Å². The van der Waals surface area contributed by atoms with Gasteiger partial charge in [0.15, 0.2) is 0 Å². The zero-order chi connectivity index (χ0) is 14.3. The second-order valence-electron chi connectivity index (χ2n) is 4.41. The molecule has 20 heavy (non-hydrogen) atoms. The third-order valence-electron chi connectivity index (χ3n) is 3.10. The normalized spacial score (nSPS) is 10.9. The van der Waals surface area contributed by atoms with E-state index in [1.54, 1.807) is 25.1 Å². The smallest absolute Gasteiger partial charge is 0.267 e. The Hall–Kier alpha value is -2.20. The van der Waals surface area contributed by atoms with Crippen LogP contribution in [0, 0.1) is 12.7 Å². The van der Waals surface area contributed by atoms with Gasteiger partial charge >= 0.3 is 0 Å². The number of aromatic nitrogens is 2. The fourth-order valence-electron chi connectivity index (χ4n) is 2.19. The Morgan fingerprint density at radius 3 is 2.55 bits per heavy atom. The number of benzene rings is 2. The van der Waals surface area contributed by atoms with Crippen LogP contribution in [0.25, 0.3) is 16.6 Å². The van der Waals surface area contributed by atoms with Gasteiger partial charge in [0.2, 0.25) is 0 Å². The van der Waals surface area contributed by atoms with Crippen molar-refractivity contribution in [1.82, 2.24) is 9.55 Å². The van der Waals surface area contributed by atoms with Crippen molar-refractivity contribution < 1.29 is 4.39 Å². The molecule has 0 radical (unpaired) electrons. The van der Waals surface area contributed by atoms with E-state index in [9.17, 15) is 9.18 Å². The molecule has 1 aromatic heterocycles. The van der Waals surface area contributed by atoms with Crippen LogP contribution in [-0.2, 0) is 0 Å². The summed E-state index contributed by atoms with van der Waals surface area (Å²) in [4.78, 5) is 17.0. The maximum absolute atomic E-state index is 13.0. The molecule has 0 saturated carbocycles. The molecule has 0 aliphatic rings. The van der Waals surface area contributed by atoms with Crippen LogP contribution in [0.2, 0.25) is 5.02 Å². The topological polar surface area (TPSA) is 34.9 Å². The van der Waals surface area contributed by atoms with Gasteiger partial charge in [-0.1, -0.05) is 17.7 Å². The van der Waals surface area contributed by atoms with Gasteiger partial charge in [0, 0.05) is 0 Å². The number of aryl methyl sites for hydroxylation is 1. The Balaban J connectivity index is 2.39. The summed E-state index contributed by atoms with van der Waals surface area (Å²) in [6.07, 6.45) is 0. The molecule has 100 valence electrons. The molecule has 5 heteroatoms. The first-order chi connectivity index (χ1) is 9.58. The second-order valence-corrected chi connectivity index (χ2v) is 4.82. The summed E-state index contributed by atoms with van der Waals surface area (Å²) < 4.78 is 14.4. The van der Waals surface area contributed by atoms with Crippen LogP contribution < -0.4 is 5.56 Å². The molecule has 2 aromatic carbocycles. The number of halogens is 2. The predicted octanol–water partition coefficient (Wildman–Crippen LogP) is 3.49. The highest BCUT2D eigenvalue weighted by Crippen LogP contribution is 2.20. The van der Waals surface area contributed by atoms with Gasteiger partial charge in [-0.25, -0.2) is 9.37 Å². The Kier molecular flexibility index (Phi) is 3.03. The van der Waals surface area contributed by atoms with Gasteiger partial charge in [0.05, 0.1) is 21.6 Å². The molecule has 0 bridgehead atoms. The molecule has 3 aromatic rings. The summed E-state index contributed by atoms with van der Waals surface area (Å²) in [7, 11) is 0. The van der Waals surface area contributed by atoms with Crippen molar-refractivity contribution in [1.29, 1.82) is 0 Å². The van der Waals surface area contributed by atoms with Gasteiger partial charge < -0.3 is 0 Å². The van der Waals surface area contributed by atoms with Gasteiger partial charge in [0.1, 0.15) is 11.6 Å². The maximum Gasteiger partial charge on any atom is 0.267 e. The third-order valence-corrected chi connectivity index (χ3v) is 3.41. The van der Waals surface area contributed by atoms with Crippen LogP contribution in [0.5, 0.6) is 0 Å². The summed E-state index contributed by atoms with van der Waals surface area (Å²) >= 11 is 6.09. The first-order valence-electron chi connectivity index (χ1n) is 6.02. The number of fused-ring (bicyclic) bond motifs is 1. The summed E-state index contributed by atoms with van der Waals surface area (Å²) in [6.45, 7) is 1.73. The van der Waals surface area contributed by atoms with Crippen LogP contribution in [0.1, 0.15) is 5.82 Å². The van der Waals surface area contributed by atoms with Crippen molar-refractivity contribution in [2.45, 2.75) is 6.92 Å². The van der Waals surface area contributed by atoms with E-state index in [2.05, 4.69) is 4.98 Å². The average molecular weight is 289 g/mol. The Morgan fingerprint density at radius 2 is 1.85 bits per heavy atom. The van der Waals surface area contributed by atoms with E-state index in [1.807, 2.05) is 0 Å². The SMILES string of the molecule is Cc1nc2cccc(Cl)c2c(=O)n1-c1ccc(F)cc1. The van der Waals surface area contributed by atoms with Crippen molar-refractivity contribution >= 4 is 22.5 Å². The highest BCUT2D eigenvalue weighted by atomic mass is 35.5. The van der Waals surface area contributed by atoms with Crippen LogP contribution in [0.3, 0.4) is 0 Å². The lowest BCUT2D eigenvalue weighted by Gasteiger charge is -2.11. The molecule has 0 atom stereocenters. The van der Waals surface area contributed by atoms with Crippen LogP contribution in [0.15, 0.2) is 47.3 Å². The molecule has 0 amide bonds. The maximum atomic E-state index is 13.0. The molecule has 0 saturated heterocycles. The molecule has 0 unspecified atom stereocenters. The number of hydrogen-bond acceptors (Lipinski definition) is 2. The first-order valence-corrected chi connectivity index (χ1v) is 6.39. The van der Waals surface area contributed by atoms with Gasteiger partial charge in [0.25, 0.3) is 5.56 Å². The van der Waals surface area contributed by atoms with Crippen LogP contribution >= 0.6 is 11.6 Å². The van der Waals surface area contributed by atoms with E-state index < -0.39 is 0 Å². The van der Waals surface area contributed by atoms with Crippen molar-refractivity contribution in [3.05, 3.63) is 69.5 Å². The minimum Gasteiger partial charge on any atom is -0.268 e. The van der Waals surface area contributed by atoms with E-state index in [0.29, 0.717) is 27.4 Å². The van der Waals surface area contributed by atoms with Crippen molar-refractivity contribution in [3.63, 3.8) is 0 Å². The first kappa shape index (κ1) is 12.8. The van der Waals surface area contributed by atoms with E-state index >= 15 is 0 Å². The molecule has 0 aliphatic carbocycles. The van der Waals surface area contributed by atoms with E-state index in [-0.39, 0.29) is 11.4 Å². The lowest BCUT2D eigenvalue weighted by atomic mass is 10.2. The Labute approximate surface area is 119 Å². The van der Waals surface area contributed by atoms with Gasteiger partial charge in [-0.15, -0.1) is 0 Å². The summed E-state index contributed by atoms with van der Waals surface area (Å²) in [6, 6.07) is 10.8. The second kappa shape index (κ2) is 4.72. The lowest BCUT2D eigenvalue weighted by Crippen LogP contribution is -2.22. The zero-order valence-electron chi connectivity index (χ0n) is 10.6. The number of nitrogens with zero attached hydrogens (tertiary/aromatic N) is 2. The average Bonchev–Trinajstić information content (AvgIpc) is 2.40.